The van der Waals surface area contributed by atoms with Gasteiger partial charge in [-0.15, -0.1) is 0 Å². The molecule has 12 aromatic rings. The lowest BCUT2D eigenvalue weighted by molar-refractivity contribution is -0.129. The van der Waals surface area contributed by atoms with Crippen LogP contribution in [-0.2, 0) is 14.4 Å². The Morgan fingerprint density at radius 3 is 0.833 bits per heavy atom. The Hall–Kier alpha value is -11.6. The first-order valence-corrected chi connectivity index (χ1v) is 46.9. The normalized spacial score (nSPS) is 15.0. The van der Waals surface area contributed by atoms with Crippen molar-refractivity contribution in [3.8, 4) is 86.3 Å². The number of aromatic nitrogens is 9. The van der Waals surface area contributed by atoms with Crippen molar-refractivity contribution in [1.82, 2.24) is 58.3 Å². The van der Waals surface area contributed by atoms with Crippen LogP contribution in [0.3, 0.4) is 0 Å². The molecule has 0 radical (unpaired) electrons. The number of anilines is 3. The Bertz CT molecular complexity index is 6790. The van der Waals surface area contributed by atoms with Crippen molar-refractivity contribution in [3.63, 3.8) is 0 Å². The summed E-state index contributed by atoms with van der Waals surface area (Å²) in [7, 11) is 0. The summed E-state index contributed by atoms with van der Waals surface area (Å²) in [5, 5.41) is 59.9. The molecule has 9 aromatic heterocycles. The third-order valence-electron chi connectivity index (χ3n) is 24.0. The number of nitrogens with zero attached hydrogens (tertiary/aromatic N) is 18. The summed E-state index contributed by atoms with van der Waals surface area (Å²) in [6, 6.07) is 15.0. The van der Waals surface area contributed by atoms with Gasteiger partial charge in [0.05, 0.1) is 115 Å². The van der Waals surface area contributed by atoms with Crippen molar-refractivity contribution >= 4 is 207 Å². The van der Waals surface area contributed by atoms with Gasteiger partial charge in [0.2, 0.25) is 17.7 Å². The number of amides is 3. The molecular weight excluding hydrogens is 2030 g/mol. The number of rotatable bonds is 15. The van der Waals surface area contributed by atoms with E-state index in [0.717, 1.165) is 0 Å². The maximum absolute atomic E-state index is 15.1. The molecule has 3 amide bonds. The minimum absolute atomic E-state index is 0.0376. The molecule has 3 atom stereocenters. The van der Waals surface area contributed by atoms with Crippen LogP contribution in [0.15, 0.2) is 107 Å². The molecule has 0 aliphatic carbocycles. The van der Waals surface area contributed by atoms with Crippen LogP contribution in [-0.4, -0.2) is 168 Å². The quantitative estimate of drug-likeness (QED) is 0.0487. The Labute approximate surface area is 848 Å². The topological polar surface area (TPSA) is 346 Å². The van der Waals surface area contributed by atoms with Crippen molar-refractivity contribution in [1.29, 1.82) is 15.8 Å². The number of carbonyl (C=O) groups excluding carboxylic acids is 3. The van der Waals surface area contributed by atoms with Gasteiger partial charge in [0.25, 0.3) is 16.7 Å². The first kappa shape index (κ1) is 104. The molecule has 3 fully saturated rings. The summed E-state index contributed by atoms with van der Waals surface area (Å²) in [5.74, 6) is -6.41. The second kappa shape index (κ2) is 41.4. The predicted molar refractivity (Wildman–Crippen MR) is 538 cm³/mol. The molecule has 138 heavy (non-hydrogen) atoms. The number of pyridine rings is 9. The highest BCUT2D eigenvalue weighted by molar-refractivity contribution is 6.48. The smallest absolute Gasteiger partial charge is 0.276 e. The SMILES string of the molecule is C=CC(=O)N1CCN(c2c(C#N)c(=O)n(-c3c(C)ccnc3C(C)C)c3nc(-c4c(O)c(Cl)c(Cl)c(F)c4Cl)c(Cl)cc23)C[C@H]1C.C=CC(=O)N1CCN(c2c(C#N)c(=O)n(-c3c(C)ccnc3C(C)C)c3nc(-c4c(O)c(Cl)c(Cl)c(F)c4Cl)c(Cl)cc23)C[C@H]1C.C=CC(=O)N1CCN(c2c(C#N)c(=O)n(-c3c(C)ccnc3C(C)C)c3nc(-c4c(O)c(Cl)c(Cl)c(F)c4Cl)c(Cl)cc23)C[C@H]1C. The number of halogens is 15. The Morgan fingerprint density at radius 1 is 0.399 bits per heavy atom. The van der Waals surface area contributed by atoms with E-state index in [4.69, 9.17) is 154 Å². The van der Waals surface area contributed by atoms with Crippen LogP contribution in [0, 0.1) is 72.2 Å². The van der Waals surface area contributed by atoms with E-state index in [2.05, 4.69) is 52.9 Å². The number of hydrogen-bond acceptors (Lipinski definition) is 21. The van der Waals surface area contributed by atoms with E-state index in [9.17, 15) is 59.9 Å². The molecule has 0 spiro atoms. The third-order valence-corrected chi connectivity index (χ3v) is 28.4. The molecule has 0 saturated carbocycles. The van der Waals surface area contributed by atoms with E-state index >= 15 is 13.2 Å². The zero-order valence-electron chi connectivity index (χ0n) is 75.4. The number of phenolic OH excluding ortho intramolecular Hbond substituents is 3. The molecule has 15 rings (SSSR count). The summed E-state index contributed by atoms with van der Waals surface area (Å²) in [4.78, 5) is 119. The van der Waals surface area contributed by atoms with Gasteiger partial charge in [-0.25, -0.2) is 28.1 Å². The van der Waals surface area contributed by atoms with Crippen LogP contribution in [0.4, 0.5) is 30.2 Å². The molecule has 42 heteroatoms. The Kier molecular flexibility index (Phi) is 31.1. The molecule has 27 nitrogen and oxygen atoms in total. The minimum Gasteiger partial charge on any atom is -0.506 e. The van der Waals surface area contributed by atoms with Gasteiger partial charge in [0.15, 0.2) is 17.5 Å². The van der Waals surface area contributed by atoms with Crippen molar-refractivity contribution in [2.45, 2.75) is 119 Å². The van der Waals surface area contributed by atoms with E-state index in [1.807, 2.05) is 77.0 Å². The van der Waals surface area contributed by atoms with Crippen molar-refractivity contribution < 1.29 is 42.9 Å². The minimum atomic E-state index is -1.09. The Morgan fingerprint density at radius 2 is 0.630 bits per heavy atom. The number of carbonyl (C=O) groups is 3. The highest BCUT2D eigenvalue weighted by Crippen LogP contribution is 2.54. The van der Waals surface area contributed by atoms with Crippen molar-refractivity contribution in [3.05, 3.63) is 252 Å². The maximum Gasteiger partial charge on any atom is 0.276 e. The average molecular weight is 2110 g/mol. The number of aromatic hydroxyl groups is 3. The van der Waals surface area contributed by atoms with Gasteiger partial charge in [0.1, 0.15) is 99.2 Å². The van der Waals surface area contributed by atoms with Gasteiger partial charge in [-0.1, -0.05) is 200 Å². The van der Waals surface area contributed by atoms with Crippen molar-refractivity contribution in [2.24, 2.45) is 0 Å². The standard InChI is InChI=1S/3C32H27Cl4FN6O3/c3*1-6-20(44)42-10-9-41(13-16(42)5)29-17-11-19(33)27(21-22(34)25(37)23(35)24(36)30(21)45)40-31(17)43(32(46)18(29)12-38)28-15(4)7-8-39-26(28)14(2)3/h3*6-8,11,14,16,45H,1,9-10,13H2,2-5H3/t3*16-/m111/s1. The van der Waals surface area contributed by atoms with Crippen LogP contribution in [0.5, 0.6) is 17.2 Å². The van der Waals surface area contributed by atoms with Gasteiger partial charge >= 0.3 is 0 Å². The molecule has 3 saturated heterocycles. The van der Waals surface area contributed by atoms with Crippen LogP contribution in [0.25, 0.3) is 83.9 Å². The summed E-state index contributed by atoms with van der Waals surface area (Å²) >= 11 is 75.7. The summed E-state index contributed by atoms with van der Waals surface area (Å²) in [5.41, 5.74) is 1.71. The van der Waals surface area contributed by atoms with E-state index in [0.29, 0.717) is 86.6 Å². The van der Waals surface area contributed by atoms with Gasteiger partial charge in [-0.3, -0.25) is 57.4 Å². The monoisotopic (exact) mass is 2110 g/mol. The van der Waals surface area contributed by atoms with E-state index in [1.54, 1.807) is 72.3 Å². The molecule has 0 unspecified atom stereocenters. The zero-order valence-corrected chi connectivity index (χ0v) is 84.5. The first-order chi connectivity index (χ1) is 65.2. The largest absolute Gasteiger partial charge is 0.506 e. The lowest BCUT2D eigenvalue weighted by Crippen LogP contribution is -2.54. The number of fused-ring (bicyclic) bond motifs is 3. The van der Waals surface area contributed by atoms with Gasteiger partial charge in [-0.05, 0) is 131 Å². The molecule has 3 aliphatic heterocycles. The second-order valence-electron chi connectivity index (χ2n) is 33.6. The summed E-state index contributed by atoms with van der Waals surface area (Å²) in [6.07, 6.45) is 8.59. The highest BCUT2D eigenvalue weighted by atomic mass is 35.5. The lowest BCUT2D eigenvalue weighted by Gasteiger charge is -2.41. The van der Waals surface area contributed by atoms with Crippen LogP contribution in [0.2, 0.25) is 60.3 Å². The van der Waals surface area contributed by atoms with Gasteiger partial charge in [-0.2, -0.15) is 15.8 Å². The molecule has 0 bridgehead atoms. The van der Waals surface area contributed by atoms with E-state index in [1.165, 1.54) is 50.1 Å². The average Bonchev–Trinajstić information content (AvgIpc) is 0.726. The summed E-state index contributed by atoms with van der Waals surface area (Å²) in [6.45, 7) is 35.7. The van der Waals surface area contributed by atoms with Crippen LogP contribution >= 0.6 is 139 Å². The fourth-order valence-corrected chi connectivity index (χ4v) is 20.2. The molecule has 12 heterocycles. The Balaban J connectivity index is 0.000000175. The van der Waals surface area contributed by atoms with Gasteiger partial charge < -0.3 is 44.7 Å². The molecular formula is C96H81Cl12F3N18O9. The van der Waals surface area contributed by atoms with Gasteiger partial charge in [0, 0.05) is 112 Å². The fourth-order valence-electron chi connectivity index (χ4n) is 17.4. The predicted octanol–water partition coefficient (Wildman–Crippen LogP) is 22.3. The number of nitriles is 3. The highest BCUT2D eigenvalue weighted by Gasteiger charge is 2.40. The van der Waals surface area contributed by atoms with Crippen molar-refractivity contribution in [2.75, 3.05) is 73.6 Å². The van der Waals surface area contributed by atoms with E-state index in [-0.39, 0.29) is 192 Å². The number of piperazine rings is 3. The number of hydrogen-bond donors (Lipinski definition) is 3. The molecule has 3 aromatic carbocycles. The fraction of sp³-hybridized carbons (Fsp3) is 0.281. The molecule has 3 aliphatic rings. The van der Waals surface area contributed by atoms with Crippen LogP contribution < -0.4 is 31.4 Å². The molecule has 3 N–H and O–H groups in total. The lowest BCUT2D eigenvalue weighted by atomic mass is 10.0. The molecule has 714 valence electrons. The second-order valence-corrected chi connectivity index (χ2v) is 38.2. The third kappa shape index (κ3) is 18.3. The zero-order chi connectivity index (χ0) is 101. The summed E-state index contributed by atoms with van der Waals surface area (Å²) < 4.78 is 49.0. The van der Waals surface area contributed by atoms with Crippen LogP contribution in [0.1, 0.15) is 131 Å². The maximum atomic E-state index is 15.1. The first-order valence-electron chi connectivity index (χ1n) is 42.4. The number of benzene rings is 3. The van der Waals surface area contributed by atoms with E-state index < -0.39 is 96.6 Å². The number of aryl methyl sites for hydroxylation is 3. The number of phenols is 3.